The highest BCUT2D eigenvalue weighted by atomic mass is 15.0. The summed E-state index contributed by atoms with van der Waals surface area (Å²) in [4.78, 5) is 9.23. The van der Waals surface area contributed by atoms with E-state index in [2.05, 4.69) is 170 Å². The minimum Gasteiger partial charge on any atom is -0.264 e. The lowest BCUT2D eigenvalue weighted by Crippen LogP contribution is -2.47. The lowest BCUT2D eigenvalue weighted by molar-refractivity contribution is -0.708. The highest BCUT2D eigenvalue weighted by molar-refractivity contribution is 6.04. The van der Waals surface area contributed by atoms with Gasteiger partial charge < -0.3 is 0 Å². The van der Waals surface area contributed by atoms with Crippen molar-refractivity contribution in [2.24, 2.45) is 7.05 Å². The standard InChI is InChI=1S/C44H40N4/c1-27-16-19-47(6)42(21-27)40-25-32(35-13-14-36(37-15-18-45-26-41(35)37)33-23-29(3)46-30(4)24-33)11-12-39(40)44-31(5)34-9-7-8-10-38(34)43-22-28(2)17-20-48(43)44/h7-26,31,44H,1-6H3/q+2. The molecular formula is C44H40N4+2. The van der Waals surface area contributed by atoms with Gasteiger partial charge in [-0.15, -0.1) is 0 Å². The quantitative estimate of drug-likeness (QED) is 0.183. The second-order valence-corrected chi connectivity index (χ2v) is 13.5. The molecular weight excluding hydrogens is 585 g/mol. The molecule has 4 nitrogen and oxygen atoms in total. The molecule has 4 aromatic heterocycles. The molecule has 0 saturated heterocycles. The van der Waals surface area contributed by atoms with E-state index in [9.17, 15) is 0 Å². The number of benzene rings is 3. The second kappa shape index (κ2) is 11.6. The summed E-state index contributed by atoms with van der Waals surface area (Å²) in [6.45, 7) is 10.9. The van der Waals surface area contributed by atoms with E-state index >= 15 is 0 Å². The third-order valence-electron chi connectivity index (χ3n) is 10.1. The molecule has 234 valence electrons. The average Bonchev–Trinajstić information content (AvgIpc) is 3.09. The first kappa shape index (κ1) is 29.9. The van der Waals surface area contributed by atoms with Gasteiger partial charge in [0, 0.05) is 70.5 Å². The summed E-state index contributed by atoms with van der Waals surface area (Å²) < 4.78 is 4.76. The van der Waals surface area contributed by atoms with Crippen LogP contribution in [0.25, 0.3) is 55.5 Å². The number of nitrogens with zero attached hydrogens (tertiary/aromatic N) is 4. The molecule has 2 unspecified atom stereocenters. The third-order valence-corrected chi connectivity index (χ3v) is 10.1. The Kier molecular flexibility index (Phi) is 7.25. The molecule has 0 fully saturated rings. The number of aromatic nitrogens is 4. The van der Waals surface area contributed by atoms with Crippen molar-refractivity contribution >= 4 is 10.8 Å². The van der Waals surface area contributed by atoms with E-state index in [0.29, 0.717) is 0 Å². The Labute approximate surface area is 283 Å². The molecule has 8 rings (SSSR count). The Morgan fingerprint density at radius 3 is 2.08 bits per heavy atom. The predicted octanol–water partition coefficient (Wildman–Crippen LogP) is 9.35. The number of hydrogen-bond donors (Lipinski definition) is 0. The van der Waals surface area contributed by atoms with E-state index in [4.69, 9.17) is 0 Å². The molecule has 0 aliphatic carbocycles. The smallest absolute Gasteiger partial charge is 0.213 e. The van der Waals surface area contributed by atoms with Crippen molar-refractivity contribution in [1.82, 2.24) is 9.97 Å². The molecule has 7 aromatic rings. The topological polar surface area (TPSA) is 33.5 Å². The molecule has 1 aliphatic heterocycles. The van der Waals surface area contributed by atoms with Gasteiger partial charge in [-0.25, -0.2) is 4.57 Å². The van der Waals surface area contributed by atoms with Crippen LogP contribution in [0.15, 0.2) is 122 Å². The number of rotatable bonds is 4. The monoisotopic (exact) mass is 624 g/mol. The molecule has 3 aromatic carbocycles. The van der Waals surface area contributed by atoms with Gasteiger partial charge in [0.15, 0.2) is 18.4 Å². The van der Waals surface area contributed by atoms with Crippen LogP contribution in [0.3, 0.4) is 0 Å². The first-order valence-electron chi connectivity index (χ1n) is 16.8. The van der Waals surface area contributed by atoms with Crippen LogP contribution in [0.5, 0.6) is 0 Å². The Hall–Kier alpha value is -5.48. The van der Waals surface area contributed by atoms with Crippen molar-refractivity contribution in [1.29, 1.82) is 0 Å². The maximum absolute atomic E-state index is 4.62. The highest BCUT2D eigenvalue weighted by Crippen LogP contribution is 2.45. The number of aryl methyl sites for hydroxylation is 5. The van der Waals surface area contributed by atoms with Gasteiger partial charge in [-0.05, 0) is 102 Å². The van der Waals surface area contributed by atoms with Gasteiger partial charge in [0.1, 0.15) is 7.05 Å². The summed E-state index contributed by atoms with van der Waals surface area (Å²) in [5.74, 6) is 0.276. The van der Waals surface area contributed by atoms with Crippen molar-refractivity contribution in [3.8, 4) is 44.8 Å². The van der Waals surface area contributed by atoms with Crippen molar-refractivity contribution in [2.45, 2.75) is 46.6 Å². The second-order valence-electron chi connectivity index (χ2n) is 13.5. The van der Waals surface area contributed by atoms with Crippen molar-refractivity contribution in [3.05, 3.63) is 155 Å². The summed E-state index contributed by atoms with van der Waals surface area (Å²) in [5, 5.41) is 2.33. The fraction of sp³-hybridized carbons (Fsp3) is 0.182. The number of hydrogen-bond acceptors (Lipinski definition) is 2. The zero-order valence-electron chi connectivity index (χ0n) is 28.5. The molecule has 0 amide bonds. The summed E-state index contributed by atoms with van der Waals surface area (Å²) in [7, 11) is 2.15. The van der Waals surface area contributed by atoms with Gasteiger partial charge in [-0.3, -0.25) is 9.97 Å². The highest BCUT2D eigenvalue weighted by Gasteiger charge is 2.40. The molecule has 0 bridgehead atoms. The zero-order chi connectivity index (χ0) is 33.1. The number of fused-ring (bicyclic) bond motifs is 4. The van der Waals surface area contributed by atoms with Crippen LogP contribution in [0.1, 0.15) is 52.5 Å². The number of pyridine rings is 4. The maximum atomic E-state index is 4.62. The molecule has 0 saturated carbocycles. The van der Waals surface area contributed by atoms with Crippen LogP contribution < -0.4 is 9.13 Å². The maximum Gasteiger partial charge on any atom is 0.213 e. The van der Waals surface area contributed by atoms with Crippen molar-refractivity contribution < 1.29 is 9.13 Å². The summed E-state index contributed by atoms with van der Waals surface area (Å²) in [5.41, 5.74) is 17.1. The van der Waals surface area contributed by atoms with Gasteiger partial charge in [0.2, 0.25) is 11.4 Å². The minimum atomic E-state index is 0.124. The van der Waals surface area contributed by atoms with Gasteiger partial charge in [0.05, 0.1) is 5.56 Å². The van der Waals surface area contributed by atoms with E-state index in [0.717, 1.165) is 16.8 Å². The third kappa shape index (κ3) is 5.00. The van der Waals surface area contributed by atoms with Crippen molar-refractivity contribution in [2.75, 3.05) is 0 Å². The van der Waals surface area contributed by atoms with E-state index < -0.39 is 0 Å². The Bertz CT molecular complexity index is 2370. The molecule has 0 radical (unpaired) electrons. The van der Waals surface area contributed by atoms with E-state index in [1.165, 1.54) is 72.4 Å². The fourth-order valence-corrected chi connectivity index (χ4v) is 7.86. The first-order chi connectivity index (χ1) is 23.3. The van der Waals surface area contributed by atoms with Crippen LogP contribution in [-0.4, -0.2) is 9.97 Å². The Morgan fingerprint density at radius 2 is 1.29 bits per heavy atom. The Morgan fingerprint density at radius 1 is 0.583 bits per heavy atom. The summed E-state index contributed by atoms with van der Waals surface area (Å²) in [6, 6.07) is 36.3. The van der Waals surface area contributed by atoms with E-state index in [1.54, 1.807) is 0 Å². The summed E-state index contributed by atoms with van der Waals surface area (Å²) >= 11 is 0. The molecule has 4 heteroatoms. The molecule has 2 atom stereocenters. The summed E-state index contributed by atoms with van der Waals surface area (Å²) in [6.07, 6.45) is 8.38. The lowest BCUT2D eigenvalue weighted by Gasteiger charge is -2.29. The molecule has 0 spiro atoms. The van der Waals surface area contributed by atoms with E-state index in [1.807, 2.05) is 12.4 Å². The zero-order valence-corrected chi connectivity index (χ0v) is 28.5. The van der Waals surface area contributed by atoms with Crippen LogP contribution in [-0.2, 0) is 7.05 Å². The van der Waals surface area contributed by atoms with Crippen molar-refractivity contribution in [3.63, 3.8) is 0 Å². The van der Waals surface area contributed by atoms with Crippen LogP contribution in [0.2, 0.25) is 0 Å². The first-order valence-corrected chi connectivity index (χ1v) is 16.8. The van der Waals surface area contributed by atoms with Gasteiger partial charge >= 0.3 is 0 Å². The predicted molar refractivity (Wildman–Crippen MR) is 195 cm³/mol. The van der Waals surface area contributed by atoms with Gasteiger partial charge in [0.25, 0.3) is 0 Å². The molecule has 48 heavy (non-hydrogen) atoms. The average molecular weight is 625 g/mol. The van der Waals surface area contributed by atoms with E-state index in [-0.39, 0.29) is 12.0 Å². The van der Waals surface area contributed by atoms with Crippen LogP contribution in [0, 0.1) is 27.7 Å². The van der Waals surface area contributed by atoms with Crippen LogP contribution in [0.4, 0.5) is 0 Å². The fourth-order valence-electron chi connectivity index (χ4n) is 7.86. The van der Waals surface area contributed by atoms with Crippen LogP contribution >= 0.6 is 0 Å². The SMILES string of the molecule is Cc1cc[n+](C)c(-c2cc(-c3ccc(-c4cc(C)nc(C)c4)c4ccncc34)ccc2C2C(C)c3ccccc3-c3cc(C)cc[n+]32)c1. The molecule has 0 N–H and O–H groups in total. The Balaban J connectivity index is 1.36. The normalized spacial score (nSPS) is 15.3. The van der Waals surface area contributed by atoms with Gasteiger partial charge in [-0.2, -0.15) is 4.57 Å². The minimum absolute atomic E-state index is 0.124. The largest absolute Gasteiger partial charge is 0.264 e. The van der Waals surface area contributed by atoms with Gasteiger partial charge in [-0.1, -0.05) is 49.4 Å². The lowest BCUT2D eigenvalue weighted by atomic mass is 9.79. The molecule has 5 heterocycles. The molecule has 1 aliphatic rings.